The summed E-state index contributed by atoms with van der Waals surface area (Å²) in [5.74, 6) is 0.580. The molecular formula is C9H13ClN4O. The lowest BCUT2D eigenvalue weighted by Gasteiger charge is -2.16. The summed E-state index contributed by atoms with van der Waals surface area (Å²) in [6.45, 7) is 2.75. The van der Waals surface area contributed by atoms with Crippen LogP contribution in [0.1, 0.15) is 6.92 Å². The molecule has 0 unspecified atom stereocenters. The number of nitrogens with zero attached hydrogens (tertiary/aromatic N) is 3. The highest BCUT2D eigenvalue weighted by Gasteiger charge is 2.07. The van der Waals surface area contributed by atoms with Crippen LogP contribution in [0.5, 0.6) is 0 Å². The van der Waals surface area contributed by atoms with Gasteiger partial charge in [0.1, 0.15) is 5.82 Å². The van der Waals surface area contributed by atoms with E-state index in [0.717, 1.165) is 0 Å². The lowest BCUT2D eigenvalue weighted by Crippen LogP contribution is -2.35. The zero-order valence-corrected chi connectivity index (χ0v) is 9.45. The van der Waals surface area contributed by atoms with Gasteiger partial charge < -0.3 is 10.2 Å². The maximum absolute atomic E-state index is 11.3. The van der Waals surface area contributed by atoms with Crippen LogP contribution in [0.15, 0.2) is 12.3 Å². The molecule has 1 heterocycles. The molecule has 15 heavy (non-hydrogen) atoms. The minimum Gasteiger partial charge on any atom is -0.355 e. The van der Waals surface area contributed by atoms with E-state index in [1.165, 1.54) is 0 Å². The van der Waals surface area contributed by atoms with Crippen molar-refractivity contribution in [3.63, 3.8) is 0 Å². The maximum atomic E-state index is 11.3. The fraction of sp³-hybridized carbons (Fsp3) is 0.444. The second kappa shape index (κ2) is 5.50. The van der Waals surface area contributed by atoms with E-state index < -0.39 is 0 Å². The van der Waals surface area contributed by atoms with E-state index in [1.54, 1.807) is 24.2 Å². The minimum absolute atomic E-state index is 0.0465. The monoisotopic (exact) mass is 228 g/mol. The molecule has 0 radical (unpaired) electrons. The van der Waals surface area contributed by atoms with Crippen molar-refractivity contribution < 1.29 is 4.79 Å². The fourth-order valence-electron chi connectivity index (χ4n) is 1.09. The van der Waals surface area contributed by atoms with Gasteiger partial charge in [0, 0.05) is 19.8 Å². The zero-order chi connectivity index (χ0) is 11.3. The van der Waals surface area contributed by atoms with Gasteiger partial charge in [-0.25, -0.2) is 9.97 Å². The fourth-order valence-corrected chi connectivity index (χ4v) is 1.23. The van der Waals surface area contributed by atoms with E-state index >= 15 is 0 Å². The van der Waals surface area contributed by atoms with Gasteiger partial charge in [0.05, 0.1) is 6.54 Å². The number of aromatic nitrogens is 2. The average molecular weight is 229 g/mol. The number of anilines is 1. The number of hydrogen-bond donors (Lipinski definition) is 1. The lowest BCUT2D eigenvalue weighted by molar-refractivity contribution is -0.119. The molecule has 6 heteroatoms. The van der Waals surface area contributed by atoms with Crippen LogP contribution in [-0.2, 0) is 4.79 Å². The molecule has 1 rings (SSSR count). The summed E-state index contributed by atoms with van der Waals surface area (Å²) in [7, 11) is 1.77. The van der Waals surface area contributed by atoms with E-state index in [1.807, 2.05) is 6.92 Å². The van der Waals surface area contributed by atoms with E-state index in [-0.39, 0.29) is 17.7 Å². The summed E-state index contributed by atoms with van der Waals surface area (Å²) in [5.41, 5.74) is 0. The molecule has 1 aromatic heterocycles. The smallest absolute Gasteiger partial charge is 0.239 e. The van der Waals surface area contributed by atoms with Crippen molar-refractivity contribution >= 4 is 23.3 Å². The molecule has 0 saturated carbocycles. The number of amides is 1. The molecule has 0 saturated heterocycles. The van der Waals surface area contributed by atoms with Crippen molar-refractivity contribution in [2.75, 3.05) is 25.0 Å². The zero-order valence-electron chi connectivity index (χ0n) is 8.70. The number of halogens is 1. The first kappa shape index (κ1) is 11.7. The first-order valence-corrected chi connectivity index (χ1v) is 4.97. The molecule has 1 aromatic rings. The maximum Gasteiger partial charge on any atom is 0.239 e. The molecule has 0 atom stereocenters. The van der Waals surface area contributed by atoms with Crippen LogP contribution in [0.2, 0.25) is 5.28 Å². The molecule has 1 amide bonds. The molecule has 5 nitrogen and oxygen atoms in total. The third kappa shape index (κ3) is 3.71. The summed E-state index contributed by atoms with van der Waals surface area (Å²) in [4.78, 5) is 20.7. The molecule has 0 aliphatic heterocycles. The Morgan fingerprint density at radius 3 is 3.00 bits per heavy atom. The van der Waals surface area contributed by atoms with Crippen LogP contribution in [-0.4, -0.2) is 36.0 Å². The van der Waals surface area contributed by atoms with Gasteiger partial charge in [-0.05, 0) is 24.6 Å². The quantitative estimate of drug-likeness (QED) is 0.771. The third-order valence-electron chi connectivity index (χ3n) is 1.76. The molecule has 1 N–H and O–H groups in total. The van der Waals surface area contributed by atoms with Crippen LogP contribution in [0.3, 0.4) is 0 Å². The summed E-state index contributed by atoms with van der Waals surface area (Å²) in [5, 5.41) is 2.88. The van der Waals surface area contributed by atoms with E-state index in [9.17, 15) is 4.79 Å². The van der Waals surface area contributed by atoms with E-state index in [4.69, 9.17) is 11.6 Å². The van der Waals surface area contributed by atoms with Gasteiger partial charge in [-0.2, -0.15) is 0 Å². The minimum atomic E-state index is -0.0465. The van der Waals surface area contributed by atoms with Gasteiger partial charge >= 0.3 is 0 Å². The SMILES string of the molecule is CCNC(=O)CN(C)c1ccnc(Cl)n1. The number of carbonyl (C=O) groups excluding carboxylic acids is 1. The standard InChI is InChI=1S/C9H13ClN4O/c1-3-11-8(15)6-14(2)7-4-5-12-9(10)13-7/h4-5H,3,6H2,1-2H3,(H,11,15). The number of carbonyl (C=O) groups is 1. The Bertz CT molecular complexity index is 345. The Balaban J connectivity index is 2.60. The van der Waals surface area contributed by atoms with Gasteiger partial charge in [0.25, 0.3) is 0 Å². The lowest BCUT2D eigenvalue weighted by atomic mass is 10.4. The van der Waals surface area contributed by atoms with Crippen LogP contribution in [0.4, 0.5) is 5.82 Å². The van der Waals surface area contributed by atoms with Crippen molar-refractivity contribution in [2.45, 2.75) is 6.92 Å². The van der Waals surface area contributed by atoms with Gasteiger partial charge in [-0.3, -0.25) is 4.79 Å². The highest BCUT2D eigenvalue weighted by atomic mass is 35.5. The summed E-state index contributed by atoms with van der Waals surface area (Å²) >= 11 is 5.64. The average Bonchev–Trinajstić information content (AvgIpc) is 2.18. The van der Waals surface area contributed by atoms with E-state index in [0.29, 0.717) is 12.4 Å². The largest absolute Gasteiger partial charge is 0.355 e. The molecule has 0 spiro atoms. The molecule has 0 fully saturated rings. The Morgan fingerprint density at radius 1 is 1.67 bits per heavy atom. The van der Waals surface area contributed by atoms with Crippen molar-refractivity contribution in [1.29, 1.82) is 0 Å². The Kier molecular flexibility index (Phi) is 4.30. The normalized spacial score (nSPS) is 9.80. The van der Waals surface area contributed by atoms with Crippen LogP contribution >= 0.6 is 11.6 Å². The second-order valence-corrected chi connectivity index (χ2v) is 3.33. The first-order chi connectivity index (χ1) is 7.13. The van der Waals surface area contributed by atoms with Gasteiger partial charge in [-0.15, -0.1) is 0 Å². The van der Waals surface area contributed by atoms with Gasteiger partial charge in [-0.1, -0.05) is 0 Å². The van der Waals surface area contributed by atoms with Crippen molar-refractivity contribution in [3.05, 3.63) is 17.5 Å². The number of hydrogen-bond acceptors (Lipinski definition) is 4. The van der Waals surface area contributed by atoms with Crippen molar-refractivity contribution in [3.8, 4) is 0 Å². The molecule has 82 valence electrons. The number of likely N-dealkylation sites (N-methyl/N-ethyl adjacent to an activating group) is 2. The van der Waals surface area contributed by atoms with Crippen molar-refractivity contribution in [1.82, 2.24) is 15.3 Å². The Hall–Kier alpha value is -1.36. The molecule has 0 aliphatic rings. The highest BCUT2D eigenvalue weighted by Crippen LogP contribution is 2.09. The predicted octanol–water partition coefficient (Wildman–Crippen LogP) is 0.702. The molecule has 0 aromatic carbocycles. The Morgan fingerprint density at radius 2 is 2.40 bits per heavy atom. The van der Waals surface area contributed by atoms with Crippen LogP contribution < -0.4 is 10.2 Å². The summed E-state index contributed by atoms with van der Waals surface area (Å²) in [6, 6.07) is 1.70. The summed E-state index contributed by atoms with van der Waals surface area (Å²) in [6.07, 6.45) is 1.55. The number of nitrogens with one attached hydrogen (secondary N) is 1. The molecular weight excluding hydrogens is 216 g/mol. The van der Waals surface area contributed by atoms with Gasteiger partial charge in [0.2, 0.25) is 11.2 Å². The van der Waals surface area contributed by atoms with Gasteiger partial charge in [0.15, 0.2) is 0 Å². The molecule has 0 bridgehead atoms. The topological polar surface area (TPSA) is 58.1 Å². The van der Waals surface area contributed by atoms with Crippen LogP contribution in [0, 0.1) is 0 Å². The Labute approximate surface area is 93.5 Å². The third-order valence-corrected chi connectivity index (χ3v) is 1.94. The highest BCUT2D eigenvalue weighted by molar-refractivity contribution is 6.28. The number of rotatable bonds is 4. The summed E-state index contributed by atoms with van der Waals surface area (Å²) < 4.78 is 0. The van der Waals surface area contributed by atoms with Crippen molar-refractivity contribution in [2.24, 2.45) is 0 Å². The first-order valence-electron chi connectivity index (χ1n) is 4.60. The van der Waals surface area contributed by atoms with E-state index in [2.05, 4.69) is 15.3 Å². The second-order valence-electron chi connectivity index (χ2n) is 2.99. The predicted molar refractivity (Wildman–Crippen MR) is 59.0 cm³/mol. The molecule has 0 aliphatic carbocycles. The van der Waals surface area contributed by atoms with Crippen LogP contribution in [0.25, 0.3) is 0 Å².